The van der Waals surface area contributed by atoms with Crippen LogP contribution < -0.4 is 10.5 Å². The van der Waals surface area contributed by atoms with Crippen LogP contribution in [-0.2, 0) is 15.6 Å². The second-order valence-electron chi connectivity index (χ2n) is 4.94. The summed E-state index contributed by atoms with van der Waals surface area (Å²) in [4.78, 5) is 0. The van der Waals surface area contributed by atoms with Gasteiger partial charge in [-0.25, -0.2) is 13.1 Å². The highest BCUT2D eigenvalue weighted by atomic mass is 32.2. The zero-order valence-electron chi connectivity index (χ0n) is 10.7. The van der Waals surface area contributed by atoms with E-state index in [0.717, 1.165) is 5.56 Å². The molecule has 0 aliphatic carbocycles. The maximum atomic E-state index is 11.9. The Balaban J connectivity index is 3.00. The second kappa shape index (κ2) is 4.66. The number of nitrogens with two attached hydrogens (primary N) is 1. The summed E-state index contributed by atoms with van der Waals surface area (Å²) in [6.07, 6.45) is 0. The van der Waals surface area contributed by atoms with Crippen molar-refractivity contribution in [1.29, 1.82) is 0 Å². The molecule has 0 heterocycles. The van der Waals surface area contributed by atoms with Crippen molar-refractivity contribution in [2.45, 2.75) is 38.5 Å². The van der Waals surface area contributed by atoms with E-state index in [9.17, 15) is 8.42 Å². The van der Waals surface area contributed by atoms with Gasteiger partial charge in [0, 0.05) is 5.69 Å². The van der Waals surface area contributed by atoms with Gasteiger partial charge in [-0.1, -0.05) is 12.1 Å². The Hall–Kier alpha value is -1.07. The van der Waals surface area contributed by atoms with Crippen molar-refractivity contribution in [1.82, 2.24) is 4.72 Å². The first-order valence-corrected chi connectivity index (χ1v) is 7.08. The van der Waals surface area contributed by atoms with E-state index < -0.39 is 20.8 Å². The van der Waals surface area contributed by atoms with Gasteiger partial charge in [-0.15, -0.1) is 0 Å². The van der Waals surface area contributed by atoms with Crippen molar-refractivity contribution in [3.8, 4) is 0 Å². The van der Waals surface area contributed by atoms with Gasteiger partial charge in [0.05, 0.1) is 10.8 Å². The van der Waals surface area contributed by atoms with E-state index in [-0.39, 0.29) is 0 Å². The number of nitrogen functional groups attached to an aromatic ring is 1. The number of benzene rings is 1. The monoisotopic (exact) mass is 256 g/mol. The molecule has 1 rings (SSSR count). The Bertz CT molecular complexity index is 476. The molecule has 3 N–H and O–H groups in total. The highest BCUT2D eigenvalue weighted by Crippen LogP contribution is 2.22. The lowest BCUT2D eigenvalue weighted by atomic mass is 9.96. The largest absolute Gasteiger partial charge is 0.399 e. The Kier molecular flexibility index (Phi) is 3.84. The molecule has 0 fully saturated rings. The predicted molar refractivity (Wildman–Crippen MR) is 71.1 cm³/mol. The molecule has 0 aliphatic heterocycles. The smallest absolute Gasteiger partial charge is 0.214 e. The highest BCUT2D eigenvalue weighted by Gasteiger charge is 2.28. The Morgan fingerprint density at radius 2 is 1.65 bits per heavy atom. The summed E-state index contributed by atoms with van der Waals surface area (Å²) < 4.78 is 26.4. The van der Waals surface area contributed by atoms with Crippen LogP contribution in [0.25, 0.3) is 0 Å². The van der Waals surface area contributed by atoms with Crippen LogP contribution in [0.1, 0.15) is 33.3 Å². The van der Waals surface area contributed by atoms with Gasteiger partial charge in [0.1, 0.15) is 0 Å². The maximum absolute atomic E-state index is 11.9. The number of sulfonamides is 1. The molecule has 1 aromatic carbocycles. The number of nitrogens with one attached hydrogen (secondary N) is 1. The van der Waals surface area contributed by atoms with Gasteiger partial charge >= 0.3 is 0 Å². The lowest BCUT2D eigenvalue weighted by Gasteiger charge is -2.27. The van der Waals surface area contributed by atoms with Crippen LogP contribution in [0.5, 0.6) is 0 Å². The molecule has 96 valence electrons. The van der Waals surface area contributed by atoms with E-state index >= 15 is 0 Å². The van der Waals surface area contributed by atoms with E-state index in [4.69, 9.17) is 5.73 Å². The molecule has 0 saturated carbocycles. The van der Waals surface area contributed by atoms with Gasteiger partial charge < -0.3 is 5.73 Å². The van der Waals surface area contributed by atoms with E-state index in [2.05, 4.69) is 4.72 Å². The van der Waals surface area contributed by atoms with Gasteiger partial charge in [-0.05, 0) is 45.4 Å². The van der Waals surface area contributed by atoms with Crippen molar-refractivity contribution in [3.63, 3.8) is 0 Å². The Morgan fingerprint density at radius 1 is 1.18 bits per heavy atom. The molecule has 1 aromatic rings. The molecule has 0 aromatic heterocycles. The van der Waals surface area contributed by atoms with Crippen molar-refractivity contribution >= 4 is 15.7 Å². The summed E-state index contributed by atoms with van der Waals surface area (Å²) in [6.45, 7) is 6.97. The minimum absolute atomic E-state index is 0.449. The van der Waals surface area contributed by atoms with Gasteiger partial charge in [0.2, 0.25) is 10.0 Å². The SMILES string of the molecule is CC(C)S(=O)(=O)NC(C)(C)c1ccc(N)cc1. The zero-order valence-corrected chi connectivity index (χ0v) is 11.5. The van der Waals surface area contributed by atoms with Gasteiger partial charge in [-0.2, -0.15) is 0 Å². The maximum Gasteiger partial charge on any atom is 0.214 e. The predicted octanol–water partition coefficient (Wildman–Crippen LogP) is 1.83. The van der Waals surface area contributed by atoms with Gasteiger partial charge in [-0.3, -0.25) is 0 Å². The third-order valence-electron chi connectivity index (χ3n) is 2.65. The van der Waals surface area contributed by atoms with Crippen LogP contribution >= 0.6 is 0 Å². The van der Waals surface area contributed by atoms with Crippen molar-refractivity contribution in [2.24, 2.45) is 0 Å². The summed E-state index contributed by atoms with van der Waals surface area (Å²) in [5.74, 6) is 0. The van der Waals surface area contributed by atoms with Crippen LogP contribution in [-0.4, -0.2) is 13.7 Å². The molecule has 0 amide bonds. The molecule has 17 heavy (non-hydrogen) atoms. The third-order valence-corrected chi connectivity index (χ3v) is 4.69. The summed E-state index contributed by atoms with van der Waals surface area (Å²) in [6, 6.07) is 7.19. The van der Waals surface area contributed by atoms with E-state index in [1.165, 1.54) is 0 Å². The highest BCUT2D eigenvalue weighted by molar-refractivity contribution is 7.90. The number of hydrogen-bond acceptors (Lipinski definition) is 3. The molecule has 4 nitrogen and oxygen atoms in total. The minimum Gasteiger partial charge on any atom is -0.399 e. The van der Waals surface area contributed by atoms with E-state index in [0.29, 0.717) is 5.69 Å². The summed E-state index contributed by atoms with van der Waals surface area (Å²) in [5.41, 5.74) is 6.51. The van der Waals surface area contributed by atoms with Gasteiger partial charge in [0.25, 0.3) is 0 Å². The summed E-state index contributed by atoms with van der Waals surface area (Å²) >= 11 is 0. The van der Waals surface area contributed by atoms with Crippen LogP contribution in [0.2, 0.25) is 0 Å². The van der Waals surface area contributed by atoms with Crippen LogP contribution in [0, 0.1) is 0 Å². The van der Waals surface area contributed by atoms with Crippen LogP contribution in [0.15, 0.2) is 24.3 Å². The van der Waals surface area contributed by atoms with E-state index in [1.807, 2.05) is 26.0 Å². The first-order valence-electron chi connectivity index (χ1n) is 5.54. The average molecular weight is 256 g/mol. The fraction of sp³-hybridized carbons (Fsp3) is 0.500. The average Bonchev–Trinajstić information content (AvgIpc) is 2.16. The molecule has 0 atom stereocenters. The topological polar surface area (TPSA) is 72.2 Å². The second-order valence-corrected chi connectivity index (χ2v) is 7.18. The molecule has 0 radical (unpaired) electrons. The first-order chi connectivity index (χ1) is 7.65. The van der Waals surface area contributed by atoms with Crippen LogP contribution in [0.4, 0.5) is 5.69 Å². The normalized spacial score (nSPS) is 13.0. The molecule has 0 spiro atoms. The summed E-state index contributed by atoms with van der Waals surface area (Å²) in [7, 11) is -3.30. The third kappa shape index (κ3) is 3.44. The molecule has 5 heteroatoms. The number of hydrogen-bond donors (Lipinski definition) is 2. The fourth-order valence-electron chi connectivity index (χ4n) is 1.43. The van der Waals surface area contributed by atoms with Crippen molar-refractivity contribution < 1.29 is 8.42 Å². The molecule has 0 unspecified atom stereocenters. The lowest BCUT2D eigenvalue weighted by Crippen LogP contribution is -2.44. The molecular formula is C12H20N2O2S. The Labute approximate surface area is 103 Å². The quantitative estimate of drug-likeness (QED) is 0.807. The molecule has 0 aliphatic rings. The minimum atomic E-state index is -3.30. The van der Waals surface area contributed by atoms with Crippen LogP contribution in [0.3, 0.4) is 0 Å². The van der Waals surface area contributed by atoms with Crippen molar-refractivity contribution in [3.05, 3.63) is 29.8 Å². The van der Waals surface area contributed by atoms with Crippen molar-refractivity contribution in [2.75, 3.05) is 5.73 Å². The Morgan fingerprint density at radius 3 is 2.06 bits per heavy atom. The number of anilines is 1. The fourth-order valence-corrected chi connectivity index (χ4v) is 2.50. The molecular weight excluding hydrogens is 236 g/mol. The summed E-state index contributed by atoms with van der Waals surface area (Å²) in [5, 5.41) is -0.449. The van der Waals surface area contributed by atoms with Gasteiger partial charge in [0.15, 0.2) is 0 Å². The zero-order chi connectivity index (χ0) is 13.3. The van der Waals surface area contributed by atoms with E-state index in [1.54, 1.807) is 26.0 Å². The standard InChI is InChI=1S/C12H20N2O2S/c1-9(2)17(15,16)14-12(3,4)10-5-7-11(13)8-6-10/h5-9,14H,13H2,1-4H3. The molecule has 0 bridgehead atoms. The lowest BCUT2D eigenvalue weighted by molar-refractivity contribution is 0.468. The first kappa shape index (κ1) is 14.0. The molecule has 0 saturated heterocycles. The number of rotatable bonds is 4.